The van der Waals surface area contributed by atoms with Gasteiger partial charge in [0.15, 0.2) is 0 Å². The van der Waals surface area contributed by atoms with Crippen molar-refractivity contribution in [1.82, 2.24) is 31.2 Å². The number of carboxylic acids is 1. The molecule has 11 nitrogen and oxygen atoms in total. The van der Waals surface area contributed by atoms with Crippen LogP contribution in [0, 0.1) is 5.92 Å². The lowest BCUT2D eigenvalue weighted by atomic mass is 10.0. The van der Waals surface area contributed by atoms with E-state index in [1.54, 1.807) is 25.6 Å². The fourth-order valence-electron chi connectivity index (χ4n) is 3.55. The van der Waals surface area contributed by atoms with Gasteiger partial charge in [-0.1, -0.05) is 13.8 Å². The molecule has 0 spiro atoms. The summed E-state index contributed by atoms with van der Waals surface area (Å²) in [6, 6.07) is -3.25. The molecule has 0 aliphatic carbocycles. The summed E-state index contributed by atoms with van der Waals surface area (Å²) < 4.78 is 0. The number of aromatic amines is 1. The molecule has 0 radical (unpaired) electrons. The van der Waals surface area contributed by atoms with Crippen LogP contribution in [0.2, 0.25) is 0 Å². The fraction of sp³-hybridized carbons (Fsp3) is 0.667. The number of hydrogen-bond acceptors (Lipinski definition) is 7. The molecule has 3 amide bonds. The lowest BCUT2D eigenvalue weighted by molar-refractivity contribution is -0.142. The number of thioether (sulfide) groups is 1. The maximum Gasteiger partial charge on any atom is 0.326 e. The number of H-pyrrole nitrogens is 1. The van der Waals surface area contributed by atoms with E-state index in [4.69, 9.17) is 0 Å². The maximum absolute atomic E-state index is 13.0. The Morgan fingerprint density at radius 1 is 1.18 bits per heavy atom. The number of nitrogens with one attached hydrogen (secondary N) is 5. The van der Waals surface area contributed by atoms with Crippen LogP contribution in [0.25, 0.3) is 0 Å². The molecule has 12 heteroatoms. The minimum Gasteiger partial charge on any atom is -0.480 e. The number of aromatic nitrogens is 2. The van der Waals surface area contributed by atoms with E-state index in [0.29, 0.717) is 24.3 Å². The van der Waals surface area contributed by atoms with Gasteiger partial charge in [-0.05, 0) is 43.7 Å². The normalized spacial score (nSPS) is 18.4. The van der Waals surface area contributed by atoms with Crippen LogP contribution in [0.5, 0.6) is 0 Å². The monoisotopic (exact) mass is 482 g/mol. The highest BCUT2D eigenvalue weighted by Crippen LogP contribution is 2.09. The Hall–Kier alpha value is -2.60. The van der Waals surface area contributed by atoms with E-state index >= 15 is 0 Å². The van der Waals surface area contributed by atoms with E-state index in [1.807, 2.05) is 6.26 Å². The molecule has 4 unspecified atom stereocenters. The van der Waals surface area contributed by atoms with Crippen molar-refractivity contribution < 1.29 is 24.3 Å². The molecule has 33 heavy (non-hydrogen) atoms. The molecule has 1 aromatic heterocycles. The van der Waals surface area contributed by atoms with E-state index in [2.05, 4.69) is 31.2 Å². The first-order chi connectivity index (χ1) is 15.7. The first kappa shape index (κ1) is 26.7. The number of amides is 3. The van der Waals surface area contributed by atoms with Gasteiger partial charge >= 0.3 is 5.97 Å². The molecule has 2 heterocycles. The second kappa shape index (κ2) is 13.2. The van der Waals surface area contributed by atoms with E-state index < -0.39 is 35.9 Å². The summed E-state index contributed by atoms with van der Waals surface area (Å²) in [6.45, 7) is 4.28. The third kappa shape index (κ3) is 8.35. The molecule has 1 fully saturated rings. The smallest absolute Gasteiger partial charge is 0.326 e. The lowest BCUT2D eigenvalue weighted by Gasteiger charge is -2.27. The zero-order chi connectivity index (χ0) is 24.4. The van der Waals surface area contributed by atoms with Crippen LogP contribution in [0.4, 0.5) is 0 Å². The zero-order valence-electron chi connectivity index (χ0n) is 19.2. The largest absolute Gasteiger partial charge is 0.480 e. The molecule has 1 aliphatic heterocycles. The molecule has 2 rings (SSSR count). The number of carboxylic acid groups (broad SMARTS) is 1. The van der Waals surface area contributed by atoms with Gasteiger partial charge in [-0.3, -0.25) is 14.4 Å². The second-order valence-corrected chi connectivity index (χ2v) is 9.39. The highest BCUT2D eigenvalue weighted by Gasteiger charge is 2.32. The van der Waals surface area contributed by atoms with Crippen molar-refractivity contribution in [2.75, 3.05) is 18.6 Å². The van der Waals surface area contributed by atoms with Crippen LogP contribution >= 0.6 is 11.8 Å². The van der Waals surface area contributed by atoms with Gasteiger partial charge in [0.2, 0.25) is 17.7 Å². The van der Waals surface area contributed by atoms with E-state index in [0.717, 1.165) is 13.0 Å². The summed E-state index contributed by atoms with van der Waals surface area (Å²) in [4.78, 5) is 56.8. The maximum atomic E-state index is 13.0. The van der Waals surface area contributed by atoms with E-state index in [9.17, 15) is 24.3 Å². The summed E-state index contributed by atoms with van der Waals surface area (Å²) in [7, 11) is 0. The molecule has 1 aliphatic rings. The fourth-order valence-corrected chi connectivity index (χ4v) is 4.02. The molecule has 4 atom stereocenters. The van der Waals surface area contributed by atoms with Crippen LogP contribution in [-0.4, -0.2) is 81.5 Å². The third-order valence-corrected chi connectivity index (χ3v) is 6.10. The molecule has 1 saturated heterocycles. The molecule has 6 N–H and O–H groups in total. The Kier molecular flexibility index (Phi) is 10.7. The first-order valence-corrected chi connectivity index (χ1v) is 12.5. The summed E-state index contributed by atoms with van der Waals surface area (Å²) in [5, 5.41) is 20.7. The van der Waals surface area contributed by atoms with E-state index in [-0.39, 0.29) is 24.3 Å². The van der Waals surface area contributed by atoms with Gasteiger partial charge in [-0.15, -0.1) is 0 Å². The minimum atomic E-state index is -1.19. The van der Waals surface area contributed by atoms with Gasteiger partial charge in [-0.2, -0.15) is 11.8 Å². The number of hydrogen-bond donors (Lipinski definition) is 6. The topological polar surface area (TPSA) is 165 Å². The Morgan fingerprint density at radius 2 is 1.94 bits per heavy atom. The van der Waals surface area contributed by atoms with Crippen molar-refractivity contribution in [2.45, 2.75) is 63.7 Å². The number of carbonyl (C=O) groups is 4. The Labute approximate surface area is 197 Å². The van der Waals surface area contributed by atoms with Crippen molar-refractivity contribution in [3.05, 3.63) is 18.2 Å². The predicted molar refractivity (Wildman–Crippen MR) is 125 cm³/mol. The molecule has 1 aromatic rings. The predicted octanol–water partition coefficient (Wildman–Crippen LogP) is -0.348. The average Bonchev–Trinajstić information content (AvgIpc) is 3.48. The quantitative estimate of drug-likeness (QED) is 0.222. The molecule has 184 valence electrons. The lowest BCUT2D eigenvalue weighted by Crippen LogP contribution is -2.58. The average molecular weight is 483 g/mol. The molecular weight excluding hydrogens is 448 g/mol. The number of carbonyl (C=O) groups excluding carboxylic acids is 3. The van der Waals surface area contributed by atoms with Gasteiger partial charge in [0.25, 0.3) is 0 Å². The Bertz CT molecular complexity index is 797. The van der Waals surface area contributed by atoms with E-state index in [1.165, 1.54) is 12.5 Å². The summed E-state index contributed by atoms with van der Waals surface area (Å²) in [6.07, 6.45) is 6.88. The van der Waals surface area contributed by atoms with Crippen LogP contribution in [0.15, 0.2) is 12.5 Å². The second-order valence-electron chi connectivity index (χ2n) is 8.40. The number of nitrogens with zero attached hydrogens (tertiary/aromatic N) is 1. The van der Waals surface area contributed by atoms with Crippen LogP contribution in [-0.2, 0) is 25.6 Å². The van der Waals surface area contributed by atoms with Gasteiger partial charge in [0.05, 0.1) is 12.4 Å². The van der Waals surface area contributed by atoms with Crippen molar-refractivity contribution in [1.29, 1.82) is 0 Å². The molecule has 0 saturated carbocycles. The number of rotatable bonds is 13. The van der Waals surface area contributed by atoms with Gasteiger partial charge in [-0.25, -0.2) is 9.78 Å². The summed E-state index contributed by atoms with van der Waals surface area (Å²) in [5.74, 6) is -2.14. The third-order valence-electron chi connectivity index (χ3n) is 5.46. The number of aliphatic carboxylic acids is 1. The van der Waals surface area contributed by atoms with Crippen LogP contribution < -0.4 is 21.3 Å². The molecule has 0 bridgehead atoms. The SMILES string of the molecule is CSCCC(NC(=O)C1CCCN1)C(=O)NC(C(=O)NC(Cc1cnc[nH]1)C(=O)O)C(C)C. The van der Waals surface area contributed by atoms with Gasteiger partial charge < -0.3 is 31.4 Å². The zero-order valence-corrected chi connectivity index (χ0v) is 20.0. The van der Waals surface area contributed by atoms with Gasteiger partial charge in [0.1, 0.15) is 18.1 Å². The Balaban J connectivity index is 2.05. The summed E-state index contributed by atoms with van der Waals surface area (Å²) >= 11 is 1.55. The van der Waals surface area contributed by atoms with Gasteiger partial charge in [0, 0.05) is 18.3 Å². The van der Waals surface area contributed by atoms with Crippen molar-refractivity contribution in [2.24, 2.45) is 5.92 Å². The highest BCUT2D eigenvalue weighted by molar-refractivity contribution is 7.98. The van der Waals surface area contributed by atoms with Crippen molar-refractivity contribution in [3.8, 4) is 0 Å². The van der Waals surface area contributed by atoms with Crippen molar-refractivity contribution in [3.63, 3.8) is 0 Å². The number of imidazole rings is 1. The highest BCUT2D eigenvalue weighted by atomic mass is 32.2. The Morgan fingerprint density at radius 3 is 2.48 bits per heavy atom. The van der Waals surface area contributed by atoms with Crippen LogP contribution in [0.1, 0.15) is 38.8 Å². The van der Waals surface area contributed by atoms with Crippen molar-refractivity contribution >= 4 is 35.5 Å². The molecule has 0 aromatic carbocycles. The summed E-state index contributed by atoms with van der Waals surface area (Å²) in [5.41, 5.74) is 0.563. The van der Waals surface area contributed by atoms with Crippen LogP contribution in [0.3, 0.4) is 0 Å². The molecular formula is C21H34N6O5S. The first-order valence-electron chi connectivity index (χ1n) is 11.1. The minimum absolute atomic E-state index is 0.0284. The standard InChI is InChI=1S/C21H34N6O5S/c1-12(2)17(20(30)26-16(21(31)32)9-13-10-22-11-24-13)27-19(29)15(6-8-33-3)25-18(28)14-5-4-7-23-14/h10-12,14-17,23H,4-9H2,1-3H3,(H,22,24)(H,25,28)(H,26,30)(H,27,29)(H,31,32).